The van der Waals surface area contributed by atoms with Crippen LogP contribution in [0.3, 0.4) is 0 Å². The third-order valence-electron chi connectivity index (χ3n) is 4.60. The molecule has 8 nitrogen and oxygen atoms in total. The smallest absolute Gasteiger partial charge is 0.308 e. The zero-order valence-electron chi connectivity index (χ0n) is 18.5. The maximum atomic E-state index is 12.7. The molecule has 2 amide bonds. The monoisotopic (exact) mass is 449 g/mol. The molecule has 0 radical (unpaired) electrons. The maximum Gasteiger partial charge on any atom is 0.308 e. The van der Waals surface area contributed by atoms with Crippen LogP contribution in [-0.2, 0) is 14.3 Å². The lowest BCUT2D eigenvalue weighted by molar-refractivity contribution is -0.147. The van der Waals surface area contributed by atoms with Crippen molar-refractivity contribution in [2.45, 2.75) is 52.7 Å². The van der Waals surface area contributed by atoms with Gasteiger partial charge in [0, 0.05) is 18.7 Å². The first-order valence-corrected chi connectivity index (χ1v) is 10.9. The largest absolute Gasteiger partial charge is 0.491 e. The zero-order chi connectivity index (χ0) is 23.0. The van der Waals surface area contributed by atoms with Crippen LogP contribution >= 0.6 is 12.2 Å². The van der Waals surface area contributed by atoms with Crippen molar-refractivity contribution in [3.63, 3.8) is 0 Å². The molecular formula is C22H31N3O5S. The number of carbonyl (C=O) groups excluding carboxylic acids is 3. The van der Waals surface area contributed by atoms with E-state index in [4.69, 9.17) is 21.7 Å². The number of nitrogens with one attached hydrogen (secondary N) is 2. The van der Waals surface area contributed by atoms with E-state index in [0.717, 1.165) is 6.42 Å². The number of rotatable bonds is 8. The van der Waals surface area contributed by atoms with E-state index >= 15 is 0 Å². The van der Waals surface area contributed by atoms with Crippen LogP contribution in [0.4, 0.5) is 0 Å². The second-order valence-electron chi connectivity index (χ2n) is 8.06. The number of esters is 1. The minimum absolute atomic E-state index is 0.0210. The first-order valence-electron chi connectivity index (χ1n) is 10.5. The van der Waals surface area contributed by atoms with Gasteiger partial charge in [-0.1, -0.05) is 19.9 Å². The van der Waals surface area contributed by atoms with E-state index in [0.29, 0.717) is 36.9 Å². The Labute approximate surface area is 188 Å². The molecule has 2 N–H and O–H groups in total. The molecule has 0 bridgehead atoms. The summed E-state index contributed by atoms with van der Waals surface area (Å²) in [7, 11) is 0. The van der Waals surface area contributed by atoms with E-state index in [1.807, 2.05) is 27.7 Å². The molecule has 31 heavy (non-hydrogen) atoms. The third kappa shape index (κ3) is 7.82. The number of benzene rings is 1. The van der Waals surface area contributed by atoms with Crippen molar-refractivity contribution in [3.05, 3.63) is 29.8 Å². The van der Waals surface area contributed by atoms with E-state index in [2.05, 4.69) is 10.6 Å². The van der Waals surface area contributed by atoms with Gasteiger partial charge in [-0.2, -0.15) is 0 Å². The van der Waals surface area contributed by atoms with Crippen molar-refractivity contribution < 1.29 is 23.9 Å². The Bertz CT molecular complexity index is 812. The predicted molar refractivity (Wildman–Crippen MR) is 121 cm³/mol. The molecule has 1 aromatic rings. The van der Waals surface area contributed by atoms with Crippen LogP contribution in [0.2, 0.25) is 0 Å². The molecule has 1 heterocycles. The Hall–Kier alpha value is -2.68. The number of piperazine rings is 1. The summed E-state index contributed by atoms with van der Waals surface area (Å²) in [6.07, 6.45) is 0.588. The molecule has 0 spiro atoms. The predicted octanol–water partition coefficient (Wildman–Crippen LogP) is 2.27. The molecule has 2 rings (SSSR count). The molecule has 1 aliphatic rings. The van der Waals surface area contributed by atoms with E-state index in [-0.39, 0.29) is 23.5 Å². The van der Waals surface area contributed by atoms with Gasteiger partial charge in [-0.25, -0.2) is 0 Å². The third-order valence-corrected chi connectivity index (χ3v) is 4.93. The van der Waals surface area contributed by atoms with Crippen molar-refractivity contribution in [2.24, 2.45) is 5.92 Å². The van der Waals surface area contributed by atoms with Gasteiger partial charge in [-0.3, -0.25) is 19.7 Å². The lowest BCUT2D eigenvalue weighted by Gasteiger charge is -2.36. The van der Waals surface area contributed by atoms with Gasteiger partial charge in [0.1, 0.15) is 11.8 Å². The molecule has 1 aromatic carbocycles. The van der Waals surface area contributed by atoms with E-state index in [1.54, 1.807) is 29.2 Å². The van der Waals surface area contributed by atoms with Crippen molar-refractivity contribution in [3.8, 4) is 5.75 Å². The SMILES string of the molecule is CC(C)CCOC(=O)CC1C(=O)NCCN1C(=S)NC(=O)c1cccc(OC(C)C)c1. The lowest BCUT2D eigenvalue weighted by atomic mass is 10.1. The molecule has 0 aromatic heterocycles. The Morgan fingerprint density at radius 1 is 1.29 bits per heavy atom. The second kappa shape index (κ2) is 11.6. The number of carbonyl (C=O) groups is 3. The molecule has 1 saturated heterocycles. The number of nitrogens with zero attached hydrogens (tertiary/aromatic N) is 1. The number of thiocarbonyl (C=S) groups is 1. The van der Waals surface area contributed by atoms with Crippen LogP contribution < -0.4 is 15.4 Å². The normalized spacial score (nSPS) is 16.1. The fourth-order valence-corrected chi connectivity index (χ4v) is 3.32. The molecule has 1 atom stereocenters. The van der Waals surface area contributed by atoms with Gasteiger partial charge in [0.2, 0.25) is 5.91 Å². The van der Waals surface area contributed by atoms with E-state index in [1.165, 1.54) is 0 Å². The van der Waals surface area contributed by atoms with Gasteiger partial charge in [0.05, 0.1) is 19.1 Å². The molecule has 1 unspecified atom stereocenters. The van der Waals surface area contributed by atoms with Crippen molar-refractivity contribution in [1.29, 1.82) is 0 Å². The lowest BCUT2D eigenvalue weighted by Crippen LogP contribution is -2.60. The summed E-state index contributed by atoms with van der Waals surface area (Å²) < 4.78 is 10.9. The fraction of sp³-hybridized carbons (Fsp3) is 0.545. The molecule has 1 aliphatic heterocycles. The van der Waals surface area contributed by atoms with Gasteiger partial charge in [0.25, 0.3) is 5.91 Å². The van der Waals surface area contributed by atoms with Crippen LogP contribution in [0.15, 0.2) is 24.3 Å². The Morgan fingerprint density at radius 2 is 2.03 bits per heavy atom. The van der Waals surface area contributed by atoms with Crippen molar-refractivity contribution in [1.82, 2.24) is 15.5 Å². The van der Waals surface area contributed by atoms with E-state index < -0.39 is 17.9 Å². The second-order valence-corrected chi connectivity index (χ2v) is 8.45. The van der Waals surface area contributed by atoms with Gasteiger partial charge in [-0.15, -0.1) is 0 Å². The first kappa shape index (κ1) is 24.6. The summed E-state index contributed by atoms with van der Waals surface area (Å²) >= 11 is 5.39. The van der Waals surface area contributed by atoms with Gasteiger partial charge in [0.15, 0.2) is 5.11 Å². The summed E-state index contributed by atoms with van der Waals surface area (Å²) in [6.45, 7) is 8.93. The highest BCUT2D eigenvalue weighted by Crippen LogP contribution is 2.16. The highest BCUT2D eigenvalue weighted by molar-refractivity contribution is 7.80. The average Bonchev–Trinajstić information content (AvgIpc) is 2.68. The van der Waals surface area contributed by atoms with Crippen molar-refractivity contribution >= 4 is 35.1 Å². The highest BCUT2D eigenvalue weighted by atomic mass is 32.1. The quantitative estimate of drug-likeness (QED) is 0.464. The first-order chi connectivity index (χ1) is 14.7. The standard InChI is InChI=1S/C22H31N3O5S/c1-14(2)8-11-29-19(26)13-18-21(28)23-9-10-25(18)22(31)24-20(27)16-6-5-7-17(12-16)30-15(3)4/h5-7,12,14-15,18H,8-11,13H2,1-4H3,(H,23,28)(H,24,27,31). The summed E-state index contributed by atoms with van der Waals surface area (Å²) in [5, 5.41) is 5.48. The van der Waals surface area contributed by atoms with Crippen LogP contribution in [0.25, 0.3) is 0 Å². The molecule has 170 valence electrons. The zero-order valence-corrected chi connectivity index (χ0v) is 19.3. The minimum Gasteiger partial charge on any atom is -0.491 e. The summed E-state index contributed by atoms with van der Waals surface area (Å²) in [4.78, 5) is 38.8. The van der Waals surface area contributed by atoms with Crippen LogP contribution in [-0.4, -0.2) is 59.6 Å². The van der Waals surface area contributed by atoms with E-state index in [9.17, 15) is 14.4 Å². The summed E-state index contributed by atoms with van der Waals surface area (Å²) in [5.74, 6) is -0.220. The molecular weight excluding hydrogens is 418 g/mol. The number of hydrogen-bond acceptors (Lipinski definition) is 6. The van der Waals surface area contributed by atoms with Crippen LogP contribution in [0.1, 0.15) is 50.9 Å². The number of hydrogen-bond donors (Lipinski definition) is 2. The van der Waals surface area contributed by atoms with Gasteiger partial charge >= 0.3 is 5.97 Å². The molecule has 1 fully saturated rings. The Kier molecular flexibility index (Phi) is 9.23. The topological polar surface area (TPSA) is 97.0 Å². The van der Waals surface area contributed by atoms with Gasteiger partial charge in [-0.05, 0) is 56.6 Å². The Morgan fingerprint density at radius 3 is 2.71 bits per heavy atom. The van der Waals surface area contributed by atoms with Crippen molar-refractivity contribution in [2.75, 3.05) is 19.7 Å². The molecule has 0 saturated carbocycles. The highest BCUT2D eigenvalue weighted by Gasteiger charge is 2.34. The molecule has 9 heteroatoms. The fourth-order valence-electron chi connectivity index (χ4n) is 3.01. The Balaban J connectivity index is 2.01. The number of ether oxygens (including phenoxy) is 2. The van der Waals surface area contributed by atoms with Gasteiger partial charge < -0.3 is 19.7 Å². The van der Waals surface area contributed by atoms with Crippen LogP contribution in [0, 0.1) is 5.92 Å². The minimum atomic E-state index is -0.830. The summed E-state index contributed by atoms with van der Waals surface area (Å²) in [6, 6.07) is 5.94. The molecule has 0 aliphatic carbocycles. The maximum absolute atomic E-state index is 12.7. The average molecular weight is 450 g/mol. The number of amides is 2. The summed E-state index contributed by atoms with van der Waals surface area (Å²) in [5.41, 5.74) is 0.381. The van der Waals surface area contributed by atoms with Crippen LogP contribution in [0.5, 0.6) is 5.75 Å².